The zero-order valence-corrected chi connectivity index (χ0v) is 8.56. The quantitative estimate of drug-likeness (QED) is 0.662. The van der Waals surface area contributed by atoms with Crippen molar-refractivity contribution in [3.63, 3.8) is 0 Å². The van der Waals surface area contributed by atoms with Gasteiger partial charge in [0.15, 0.2) is 0 Å². The Hall–Kier alpha value is -0.360. The number of amides is 1. The van der Waals surface area contributed by atoms with Crippen molar-refractivity contribution in [1.82, 2.24) is 4.31 Å². The van der Waals surface area contributed by atoms with Crippen LogP contribution in [0.5, 0.6) is 0 Å². The fourth-order valence-corrected chi connectivity index (χ4v) is 1.52. The van der Waals surface area contributed by atoms with Gasteiger partial charge in [-0.1, -0.05) is 12.8 Å². The van der Waals surface area contributed by atoms with E-state index < -0.39 is 12.0 Å². The van der Waals surface area contributed by atoms with Crippen molar-refractivity contribution >= 4 is 36.5 Å². The van der Waals surface area contributed by atoms with Crippen LogP contribution in [0, 0.1) is 0 Å². The van der Waals surface area contributed by atoms with E-state index in [-0.39, 0.29) is 5.91 Å². The largest absolute Gasteiger partial charge is 0.480 e. The number of hydrogen-bond donors (Lipinski definition) is 2. The van der Waals surface area contributed by atoms with Crippen LogP contribution >= 0.6 is 24.6 Å². The summed E-state index contributed by atoms with van der Waals surface area (Å²) in [4.78, 5) is 21.3. The van der Waals surface area contributed by atoms with Gasteiger partial charge in [-0.2, -0.15) is 11.8 Å². The molecule has 4 nitrogen and oxygen atoms in total. The predicted octanol–water partition coefficient (Wildman–Crippen LogP) is 0.496. The molecule has 1 N–H and O–H groups in total. The van der Waals surface area contributed by atoms with Gasteiger partial charge in [0.05, 0.1) is 0 Å². The van der Waals surface area contributed by atoms with Crippen molar-refractivity contribution in [3.05, 3.63) is 0 Å². The average Bonchev–Trinajstić information content (AvgIpc) is 1.98. The van der Waals surface area contributed by atoms with Crippen molar-refractivity contribution < 1.29 is 14.7 Å². The third-order valence-electron chi connectivity index (χ3n) is 1.23. The third kappa shape index (κ3) is 3.36. The van der Waals surface area contributed by atoms with Crippen LogP contribution in [0.25, 0.3) is 0 Å². The molecule has 70 valence electrons. The summed E-state index contributed by atoms with van der Waals surface area (Å²) in [5, 5.41) is 8.67. The van der Waals surface area contributed by atoms with E-state index in [1.807, 2.05) is 0 Å². The van der Waals surface area contributed by atoms with E-state index in [1.165, 1.54) is 18.7 Å². The number of hydrogen-bond acceptors (Lipinski definition) is 4. The fraction of sp³-hybridized carbons (Fsp3) is 0.667. The molecule has 0 aromatic heterocycles. The Morgan fingerprint density at radius 2 is 2.17 bits per heavy atom. The van der Waals surface area contributed by atoms with Crippen molar-refractivity contribution in [2.45, 2.75) is 13.0 Å². The lowest BCUT2D eigenvalue weighted by atomic mass is 10.3. The summed E-state index contributed by atoms with van der Waals surface area (Å²) in [6.45, 7) is 1.28. The van der Waals surface area contributed by atoms with Crippen LogP contribution in [0.4, 0.5) is 0 Å². The van der Waals surface area contributed by atoms with Crippen LogP contribution in [0.15, 0.2) is 0 Å². The lowest BCUT2D eigenvalue weighted by molar-refractivity contribution is -0.144. The molecule has 0 bridgehead atoms. The normalized spacial score (nSPS) is 12.2. The summed E-state index contributed by atoms with van der Waals surface area (Å²) in [5.41, 5.74) is 0. The Bertz CT molecular complexity index is 186. The predicted molar refractivity (Wildman–Crippen MR) is 51.3 cm³/mol. The standard InChI is InChI=1S/C6H11NO3S2/c1-4(8)7(11)5(3-12-2)6(9)10/h5,11H,3H2,1-2H3,(H,9,10). The lowest BCUT2D eigenvalue weighted by Gasteiger charge is -2.20. The summed E-state index contributed by atoms with van der Waals surface area (Å²) in [7, 11) is 0. The van der Waals surface area contributed by atoms with Gasteiger partial charge in [-0.3, -0.25) is 9.10 Å². The Labute approximate surface area is 80.9 Å². The highest BCUT2D eigenvalue weighted by atomic mass is 32.2. The summed E-state index contributed by atoms with van der Waals surface area (Å²) in [6, 6.07) is -0.846. The molecule has 0 aromatic carbocycles. The molecule has 6 heteroatoms. The van der Waals surface area contributed by atoms with Gasteiger partial charge in [0.25, 0.3) is 0 Å². The highest BCUT2D eigenvalue weighted by Crippen LogP contribution is 2.09. The van der Waals surface area contributed by atoms with E-state index in [4.69, 9.17) is 5.11 Å². The summed E-state index contributed by atoms with van der Waals surface area (Å²) < 4.78 is 0.929. The van der Waals surface area contributed by atoms with E-state index >= 15 is 0 Å². The minimum Gasteiger partial charge on any atom is -0.480 e. The topological polar surface area (TPSA) is 57.6 Å². The maximum absolute atomic E-state index is 10.7. The molecule has 0 saturated carbocycles. The lowest BCUT2D eigenvalue weighted by Crippen LogP contribution is -2.39. The number of carboxylic acids is 1. The molecule has 1 atom stereocenters. The van der Waals surface area contributed by atoms with E-state index in [9.17, 15) is 9.59 Å². The second kappa shape index (κ2) is 5.31. The number of thioether (sulfide) groups is 1. The molecular weight excluding hydrogens is 198 g/mol. The highest BCUT2D eigenvalue weighted by Gasteiger charge is 2.24. The van der Waals surface area contributed by atoms with Gasteiger partial charge < -0.3 is 5.11 Å². The SMILES string of the molecule is CSCC(C(=O)O)N(S)C(C)=O. The zero-order chi connectivity index (χ0) is 9.72. The Morgan fingerprint density at radius 3 is 2.42 bits per heavy atom. The molecule has 0 aliphatic carbocycles. The monoisotopic (exact) mass is 209 g/mol. The van der Waals surface area contributed by atoms with Crippen LogP contribution in [0.3, 0.4) is 0 Å². The highest BCUT2D eigenvalue weighted by molar-refractivity contribution is 7.98. The minimum atomic E-state index is -1.03. The van der Waals surface area contributed by atoms with Crippen molar-refractivity contribution in [2.24, 2.45) is 0 Å². The molecule has 12 heavy (non-hydrogen) atoms. The first-order valence-corrected chi connectivity index (χ1v) is 5.00. The average molecular weight is 209 g/mol. The zero-order valence-electron chi connectivity index (χ0n) is 6.85. The molecule has 0 spiro atoms. The van der Waals surface area contributed by atoms with Gasteiger partial charge >= 0.3 is 5.97 Å². The van der Waals surface area contributed by atoms with E-state index in [0.29, 0.717) is 5.75 Å². The number of carbonyl (C=O) groups is 2. The maximum Gasteiger partial charge on any atom is 0.328 e. The van der Waals surface area contributed by atoms with Gasteiger partial charge in [0.2, 0.25) is 5.91 Å². The van der Waals surface area contributed by atoms with Gasteiger partial charge in [0, 0.05) is 12.7 Å². The number of rotatable bonds is 4. The van der Waals surface area contributed by atoms with E-state index in [0.717, 1.165) is 4.31 Å². The van der Waals surface area contributed by atoms with E-state index in [1.54, 1.807) is 6.26 Å². The molecule has 1 unspecified atom stereocenters. The Balaban J connectivity index is 4.28. The van der Waals surface area contributed by atoms with Gasteiger partial charge in [-0.25, -0.2) is 4.79 Å². The summed E-state index contributed by atoms with van der Waals surface area (Å²) in [6.07, 6.45) is 1.78. The molecule has 0 rings (SSSR count). The van der Waals surface area contributed by atoms with E-state index in [2.05, 4.69) is 12.8 Å². The minimum absolute atomic E-state index is 0.346. The van der Waals surface area contributed by atoms with Crippen LogP contribution in [0.1, 0.15) is 6.92 Å². The number of carbonyl (C=O) groups excluding carboxylic acids is 1. The number of thiol groups is 1. The molecule has 0 heterocycles. The molecule has 1 amide bonds. The first-order valence-electron chi connectivity index (χ1n) is 3.21. The van der Waals surface area contributed by atoms with Crippen LogP contribution in [-0.2, 0) is 9.59 Å². The smallest absolute Gasteiger partial charge is 0.328 e. The molecule has 0 radical (unpaired) electrons. The first-order chi connectivity index (χ1) is 5.50. The van der Waals surface area contributed by atoms with Crippen molar-refractivity contribution in [2.75, 3.05) is 12.0 Å². The van der Waals surface area contributed by atoms with Crippen molar-refractivity contribution in [1.29, 1.82) is 0 Å². The fourth-order valence-electron chi connectivity index (χ4n) is 0.624. The molecule has 0 aliphatic heterocycles. The molecule has 0 fully saturated rings. The Kier molecular flexibility index (Phi) is 5.16. The third-order valence-corrected chi connectivity index (χ3v) is 2.44. The maximum atomic E-state index is 10.7. The summed E-state index contributed by atoms with van der Waals surface area (Å²) in [5.74, 6) is -1.05. The van der Waals surface area contributed by atoms with Crippen molar-refractivity contribution in [3.8, 4) is 0 Å². The second-order valence-electron chi connectivity index (χ2n) is 2.17. The number of carboxylic acid groups (broad SMARTS) is 1. The van der Waals surface area contributed by atoms with Gasteiger partial charge in [-0.05, 0) is 6.26 Å². The van der Waals surface area contributed by atoms with Crippen LogP contribution in [0.2, 0.25) is 0 Å². The number of aliphatic carboxylic acids is 1. The molecule has 0 aromatic rings. The first kappa shape index (κ1) is 11.6. The molecular formula is C6H11NO3S2. The van der Waals surface area contributed by atoms with Gasteiger partial charge in [-0.15, -0.1) is 0 Å². The Morgan fingerprint density at radius 1 is 1.67 bits per heavy atom. The van der Waals surface area contributed by atoms with Gasteiger partial charge in [0.1, 0.15) is 6.04 Å². The molecule has 0 saturated heterocycles. The number of nitrogens with zero attached hydrogens (tertiary/aromatic N) is 1. The molecule has 0 aliphatic rings. The van der Waals surface area contributed by atoms with Crippen LogP contribution in [-0.4, -0.2) is 39.3 Å². The summed E-state index contributed by atoms with van der Waals surface area (Å²) >= 11 is 5.14. The second-order valence-corrected chi connectivity index (χ2v) is 3.51. The van der Waals surface area contributed by atoms with Crippen LogP contribution < -0.4 is 0 Å².